The Morgan fingerprint density at radius 1 is 1.10 bits per heavy atom. The van der Waals surface area contributed by atoms with Gasteiger partial charge in [0.05, 0.1) is 30.5 Å². The highest BCUT2D eigenvalue weighted by Gasteiger charge is 2.28. The van der Waals surface area contributed by atoms with Gasteiger partial charge in [0.2, 0.25) is 12.1 Å². The van der Waals surface area contributed by atoms with Crippen LogP contribution in [0, 0.1) is 11.8 Å². The lowest BCUT2D eigenvalue weighted by atomic mass is 9.93. The Morgan fingerprint density at radius 2 is 1.88 bits per heavy atom. The Hall–Kier alpha value is -5.10. The van der Waals surface area contributed by atoms with E-state index in [1.165, 1.54) is 22.5 Å². The lowest BCUT2D eigenvalue weighted by Crippen LogP contribution is -2.29. The molecule has 0 aliphatic heterocycles. The fraction of sp³-hybridized carbons (Fsp3) is 0.400. The molecule has 1 fully saturated rings. The number of carbonyl (C=O) groups is 4. The van der Waals surface area contributed by atoms with E-state index in [1.807, 2.05) is 6.92 Å². The maximum absolute atomic E-state index is 14.8. The molecule has 2 N–H and O–H groups in total. The van der Waals surface area contributed by atoms with E-state index in [4.69, 9.17) is 14.6 Å². The van der Waals surface area contributed by atoms with E-state index in [-0.39, 0.29) is 41.6 Å². The summed E-state index contributed by atoms with van der Waals surface area (Å²) in [5.74, 6) is -5.61. The number of halogens is 2. The molecule has 5 rings (SSSR count). The standard InChI is InChI=1S/C30H31F2N7O8S/c1-3-45-19-6-4-18(5-7-19)39-13-21(27(37-39)26-20(31)8-9-24(32)36-26)34-28(42)22-14-48-29(35-22)17-11-33-38(12-17)15-46-25(41)10-23(30(43)44)47-16(2)40/h8-9,11-14,18-19,23H,3-7,10,15H2,1-2H3,(H,34,42)(H,43,44)/t18-,19-,23-/m1/s1. The summed E-state index contributed by atoms with van der Waals surface area (Å²) in [6.45, 7) is 3.22. The van der Waals surface area contributed by atoms with Crippen molar-refractivity contribution in [2.75, 3.05) is 11.9 Å². The van der Waals surface area contributed by atoms with Gasteiger partial charge in [-0.15, -0.1) is 11.3 Å². The highest BCUT2D eigenvalue weighted by Crippen LogP contribution is 2.34. The molecule has 18 heteroatoms. The first-order chi connectivity index (χ1) is 23.0. The Labute approximate surface area is 275 Å². The average molecular weight is 688 g/mol. The SMILES string of the molecule is CCO[C@H]1CC[C@H](n2cc(NC(=O)c3csc(-c4cnn(COC(=O)C[C@@H](OC(C)=O)C(=O)O)c4)n3)c(-c3nc(F)ccc3F)n2)CC1. The molecule has 1 aliphatic carbocycles. The molecular formula is C30H31F2N7O8S. The number of pyridine rings is 1. The summed E-state index contributed by atoms with van der Waals surface area (Å²) in [6, 6.07) is 1.79. The molecule has 0 saturated heterocycles. The molecule has 0 bridgehead atoms. The number of hydrogen-bond acceptors (Lipinski definition) is 12. The monoisotopic (exact) mass is 687 g/mol. The van der Waals surface area contributed by atoms with E-state index >= 15 is 0 Å². The molecular weight excluding hydrogens is 656 g/mol. The lowest BCUT2D eigenvalue weighted by molar-refractivity contribution is -0.168. The van der Waals surface area contributed by atoms with Crippen LogP contribution in [-0.4, -0.2) is 77.3 Å². The number of ether oxygens (including phenoxy) is 3. The number of aliphatic carboxylic acids is 1. The van der Waals surface area contributed by atoms with Crippen LogP contribution in [0.15, 0.2) is 36.1 Å². The van der Waals surface area contributed by atoms with Gasteiger partial charge in [0.1, 0.15) is 22.1 Å². The number of esters is 2. The largest absolute Gasteiger partial charge is 0.478 e. The second-order valence-electron chi connectivity index (χ2n) is 10.8. The summed E-state index contributed by atoms with van der Waals surface area (Å²) in [4.78, 5) is 55.7. The van der Waals surface area contributed by atoms with Crippen molar-refractivity contribution in [2.24, 2.45) is 0 Å². The molecule has 4 aromatic rings. The van der Waals surface area contributed by atoms with E-state index in [9.17, 15) is 28.0 Å². The van der Waals surface area contributed by atoms with Crippen LogP contribution in [0.2, 0.25) is 0 Å². The van der Waals surface area contributed by atoms with E-state index in [1.54, 1.807) is 10.9 Å². The molecule has 4 heterocycles. The van der Waals surface area contributed by atoms with Crippen LogP contribution in [0.25, 0.3) is 22.0 Å². The van der Waals surface area contributed by atoms with Crippen LogP contribution < -0.4 is 5.32 Å². The summed E-state index contributed by atoms with van der Waals surface area (Å²) < 4.78 is 47.1. The zero-order valence-corrected chi connectivity index (χ0v) is 26.6. The first-order valence-corrected chi connectivity index (χ1v) is 15.8. The molecule has 0 radical (unpaired) electrons. The summed E-state index contributed by atoms with van der Waals surface area (Å²) in [5.41, 5.74) is 0.278. The number of amides is 1. The topological polar surface area (TPSA) is 190 Å². The van der Waals surface area contributed by atoms with Crippen molar-refractivity contribution in [2.45, 2.75) is 70.9 Å². The molecule has 0 unspecified atom stereocenters. The fourth-order valence-electron chi connectivity index (χ4n) is 5.11. The molecule has 4 aromatic heterocycles. The number of rotatable bonds is 13. The van der Waals surface area contributed by atoms with Gasteiger partial charge in [-0.3, -0.25) is 19.1 Å². The normalized spacial score (nSPS) is 16.7. The van der Waals surface area contributed by atoms with E-state index < -0.39 is 48.1 Å². The quantitative estimate of drug-likeness (QED) is 0.151. The first kappa shape index (κ1) is 34.2. The number of thiazole rings is 1. The number of hydrogen-bond donors (Lipinski definition) is 2. The van der Waals surface area contributed by atoms with Crippen LogP contribution in [-0.2, 0) is 35.3 Å². The smallest absolute Gasteiger partial charge is 0.345 e. The van der Waals surface area contributed by atoms with Crippen molar-refractivity contribution in [3.8, 4) is 22.0 Å². The van der Waals surface area contributed by atoms with Gasteiger partial charge in [0, 0.05) is 36.9 Å². The molecule has 0 aromatic carbocycles. The summed E-state index contributed by atoms with van der Waals surface area (Å²) >= 11 is 1.13. The van der Waals surface area contributed by atoms with Gasteiger partial charge >= 0.3 is 17.9 Å². The Balaban J connectivity index is 1.27. The third-order valence-corrected chi connectivity index (χ3v) is 8.24. The van der Waals surface area contributed by atoms with Gasteiger partial charge in [-0.25, -0.2) is 23.8 Å². The maximum Gasteiger partial charge on any atom is 0.345 e. The second-order valence-corrected chi connectivity index (χ2v) is 11.6. The number of aromatic nitrogens is 6. The van der Waals surface area contributed by atoms with Crippen molar-refractivity contribution in [3.63, 3.8) is 0 Å². The van der Waals surface area contributed by atoms with Crippen molar-refractivity contribution >= 4 is 40.8 Å². The predicted octanol–water partition coefficient (Wildman–Crippen LogP) is 4.22. The maximum atomic E-state index is 14.8. The summed E-state index contributed by atoms with van der Waals surface area (Å²) in [5, 5.41) is 22.3. The third kappa shape index (κ3) is 8.43. The van der Waals surface area contributed by atoms with Crippen LogP contribution >= 0.6 is 11.3 Å². The molecule has 1 saturated carbocycles. The molecule has 254 valence electrons. The van der Waals surface area contributed by atoms with Crippen molar-refractivity contribution in [1.82, 2.24) is 29.5 Å². The van der Waals surface area contributed by atoms with Gasteiger partial charge in [0.15, 0.2) is 12.5 Å². The molecule has 15 nitrogen and oxygen atoms in total. The zero-order valence-electron chi connectivity index (χ0n) is 25.8. The Bertz CT molecular complexity index is 1800. The van der Waals surface area contributed by atoms with Crippen LogP contribution in [0.5, 0.6) is 0 Å². The lowest BCUT2D eigenvalue weighted by Gasteiger charge is -2.28. The van der Waals surface area contributed by atoms with E-state index in [0.29, 0.717) is 17.2 Å². The average Bonchev–Trinajstić information content (AvgIpc) is 3.81. The van der Waals surface area contributed by atoms with Gasteiger partial charge in [-0.05, 0) is 44.7 Å². The minimum Gasteiger partial charge on any atom is -0.478 e. The van der Waals surface area contributed by atoms with E-state index in [2.05, 4.69) is 30.2 Å². The van der Waals surface area contributed by atoms with Crippen LogP contribution in [0.4, 0.5) is 14.5 Å². The Kier molecular flexibility index (Phi) is 10.8. The van der Waals surface area contributed by atoms with Crippen molar-refractivity contribution in [3.05, 3.63) is 53.6 Å². The van der Waals surface area contributed by atoms with Gasteiger partial charge < -0.3 is 24.6 Å². The van der Waals surface area contributed by atoms with E-state index in [0.717, 1.165) is 56.1 Å². The highest BCUT2D eigenvalue weighted by molar-refractivity contribution is 7.13. The molecule has 0 spiro atoms. The number of anilines is 1. The molecule has 1 amide bonds. The highest BCUT2D eigenvalue weighted by atomic mass is 32.1. The minimum atomic E-state index is -1.68. The summed E-state index contributed by atoms with van der Waals surface area (Å²) in [6.07, 6.45) is 5.39. The third-order valence-electron chi connectivity index (χ3n) is 7.35. The number of carboxylic acid groups (broad SMARTS) is 1. The first-order valence-electron chi connectivity index (χ1n) is 14.9. The second kappa shape index (κ2) is 15.2. The van der Waals surface area contributed by atoms with Gasteiger partial charge in [-0.1, -0.05) is 0 Å². The minimum absolute atomic E-state index is 0.0268. The number of carboxylic acids is 1. The number of carbonyl (C=O) groups excluding carboxylic acids is 3. The van der Waals surface area contributed by atoms with Crippen molar-refractivity contribution < 1.29 is 47.3 Å². The van der Waals surface area contributed by atoms with Crippen molar-refractivity contribution in [1.29, 1.82) is 0 Å². The molecule has 1 aliphatic rings. The predicted molar refractivity (Wildman–Crippen MR) is 163 cm³/mol. The molecule has 1 atom stereocenters. The number of nitrogens with one attached hydrogen (secondary N) is 1. The fourth-order valence-corrected chi connectivity index (χ4v) is 5.89. The molecule has 48 heavy (non-hydrogen) atoms. The van der Waals surface area contributed by atoms with Gasteiger partial charge in [0.25, 0.3) is 5.91 Å². The van der Waals surface area contributed by atoms with Crippen LogP contribution in [0.3, 0.4) is 0 Å². The number of nitrogens with zero attached hydrogens (tertiary/aromatic N) is 6. The zero-order chi connectivity index (χ0) is 34.4. The Morgan fingerprint density at radius 3 is 2.58 bits per heavy atom. The van der Waals surface area contributed by atoms with Crippen LogP contribution in [0.1, 0.15) is 62.5 Å². The van der Waals surface area contributed by atoms with Gasteiger partial charge in [-0.2, -0.15) is 14.6 Å². The summed E-state index contributed by atoms with van der Waals surface area (Å²) in [7, 11) is 0.